The molecular formula is C50H85NO13. The van der Waals surface area contributed by atoms with E-state index in [1.54, 1.807) is 0 Å². The van der Waals surface area contributed by atoms with Crippen molar-refractivity contribution in [3.05, 3.63) is 72.9 Å². The van der Waals surface area contributed by atoms with Gasteiger partial charge in [0.25, 0.3) is 0 Å². The van der Waals surface area contributed by atoms with Gasteiger partial charge in [-0.3, -0.25) is 4.79 Å². The summed E-state index contributed by atoms with van der Waals surface area (Å²) in [5.74, 6) is -0.234. The smallest absolute Gasteiger partial charge is 0.220 e. The number of carbonyl (C=O) groups is 1. The van der Waals surface area contributed by atoms with Gasteiger partial charge in [0.2, 0.25) is 5.91 Å². The summed E-state index contributed by atoms with van der Waals surface area (Å²) in [6.07, 6.45) is 28.3. The highest BCUT2D eigenvalue weighted by atomic mass is 16.7. The van der Waals surface area contributed by atoms with Crippen LogP contribution in [-0.4, -0.2) is 140 Å². The van der Waals surface area contributed by atoms with E-state index < -0.39 is 86.8 Å². The highest BCUT2D eigenvalue weighted by Crippen LogP contribution is 2.30. The van der Waals surface area contributed by atoms with Crippen molar-refractivity contribution in [2.45, 2.75) is 216 Å². The molecule has 0 aromatic rings. The largest absolute Gasteiger partial charge is 0.394 e. The van der Waals surface area contributed by atoms with Crippen LogP contribution in [0.5, 0.6) is 0 Å². The Balaban J connectivity index is 1.71. The fraction of sp³-hybridized carbons (Fsp3) is 0.740. The predicted molar refractivity (Wildman–Crippen MR) is 249 cm³/mol. The summed E-state index contributed by atoms with van der Waals surface area (Å²) in [5, 5.41) is 86.3. The van der Waals surface area contributed by atoms with Crippen LogP contribution in [0.4, 0.5) is 0 Å². The van der Waals surface area contributed by atoms with Crippen molar-refractivity contribution in [1.29, 1.82) is 0 Å². The number of unbranched alkanes of at least 4 members (excludes halogenated alkanes) is 10. The number of hydrogen-bond acceptors (Lipinski definition) is 13. The van der Waals surface area contributed by atoms with E-state index in [9.17, 15) is 45.6 Å². The van der Waals surface area contributed by atoms with Crippen LogP contribution in [0, 0.1) is 0 Å². The fourth-order valence-electron chi connectivity index (χ4n) is 7.47. The van der Waals surface area contributed by atoms with Gasteiger partial charge in [0.1, 0.15) is 48.8 Å². The van der Waals surface area contributed by atoms with Crippen LogP contribution in [-0.2, 0) is 23.7 Å². The van der Waals surface area contributed by atoms with Gasteiger partial charge in [-0.1, -0.05) is 145 Å². The lowest BCUT2D eigenvalue weighted by Crippen LogP contribution is -2.65. The molecule has 64 heavy (non-hydrogen) atoms. The van der Waals surface area contributed by atoms with Gasteiger partial charge in [-0.05, 0) is 64.2 Å². The van der Waals surface area contributed by atoms with E-state index in [4.69, 9.17) is 18.9 Å². The third-order valence-corrected chi connectivity index (χ3v) is 11.4. The summed E-state index contributed by atoms with van der Waals surface area (Å²) in [4.78, 5) is 13.1. The number of allylic oxidation sites excluding steroid dienone is 12. The van der Waals surface area contributed by atoms with E-state index in [-0.39, 0.29) is 18.9 Å². The lowest BCUT2D eigenvalue weighted by atomic mass is 9.97. The first-order chi connectivity index (χ1) is 31.1. The quantitative estimate of drug-likeness (QED) is 0.0277. The molecule has 9 N–H and O–H groups in total. The number of rotatable bonds is 35. The monoisotopic (exact) mass is 908 g/mol. The number of nitrogens with one attached hydrogen (secondary N) is 1. The molecule has 0 spiro atoms. The Morgan fingerprint density at radius 3 is 1.66 bits per heavy atom. The van der Waals surface area contributed by atoms with Crippen LogP contribution in [0.3, 0.4) is 0 Å². The zero-order valence-corrected chi connectivity index (χ0v) is 38.7. The molecule has 12 atom stereocenters. The van der Waals surface area contributed by atoms with Crippen molar-refractivity contribution in [1.82, 2.24) is 5.32 Å². The zero-order valence-electron chi connectivity index (χ0n) is 38.7. The molecule has 12 unspecified atom stereocenters. The highest BCUT2D eigenvalue weighted by molar-refractivity contribution is 5.76. The molecule has 2 aliphatic rings. The molecule has 14 nitrogen and oxygen atoms in total. The van der Waals surface area contributed by atoms with Gasteiger partial charge in [-0.15, -0.1) is 0 Å². The molecule has 0 aromatic carbocycles. The second-order valence-electron chi connectivity index (χ2n) is 16.9. The van der Waals surface area contributed by atoms with Crippen LogP contribution in [0.25, 0.3) is 0 Å². The van der Waals surface area contributed by atoms with Gasteiger partial charge in [-0.25, -0.2) is 0 Å². The first-order valence-corrected chi connectivity index (χ1v) is 24.2. The SMILES string of the molecule is CC/C=C\C/C=C\C/C=C\C/C=C\C/C=C\C/C=C\CCCCCCCCC(=O)NC(COC1OC(CO)C(OC2OC(CO)C(O)C(O)C2O)C(O)C1O)C(O)CCCCCCC. The molecule has 2 rings (SSSR count). The Labute approximate surface area is 383 Å². The molecule has 2 fully saturated rings. The van der Waals surface area contributed by atoms with Crippen LogP contribution in [0.1, 0.15) is 142 Å². The Bertz CT molecular complexity index is 1350. The Kier molecular flexibility index (Phi) is 32.9. The van der Waals surface area contributed by atoms with Crippen molar-refractivity contribution in [2.24, 2.45) is 0 Å². The normalized spacial score (nSPS) is 27.9. The first kappa shape index (κ1) is 57.6. The second kappa shape index (κ2) is 36.5. The topological polar surface area (TPSA) is 228 Å². The van der Waals surface area contributed by atoms with Crippen molar-refractivity contribution < 1.29 is 64.6 Å². The van der Waals surface area contributed by atoms with Crippen molar-refractivity contribution >= 4 is 5.91 Å². The number of ether oxygens (including phenoxy) is 4. The Morgan fingerprint density at radius 1 is 0.578 bits per heavy atom. The van der Waals surface area contributed by atoms with Crippen molar-refractivity contribution in [3.8, 4) is 0 Å². The van der Waals surface area contributed by atoms with E-state index in [0.717, 1.165) is 109 Å². The minimum Gasteiger partial charge on any atom is -0.394 e. The van der Waals surface area contributed by atoms with E-state index in [1.807, 2.05) is 0 Å². The summed E-state index contributed by atoms with van der Waals surface area (Å²) in [6.45, 7) is 2.59. The van der Waals surface area contributed by atoms with E-state index in [1.165, 1.54) is 0 Å². The standard InChI is InChI=1S/C50H85NO13/c1-3-5-7-9-10-11-12-13-14-15-16-17-18-19-20-21-22-23-24-25-26-27-28-30-32-34-42(55)51-38(39(54)33-31-29-8-6-4-2)37-61-49-47(60)45(58)48(41(36-53)63-49)64-50-46(59)44(57)43(56)40(35-52)62-50/h5,7,10-11,13-14,16-17,19-20,22-23,38-41,43-50,52-54,56-60H,3-4,6,8-9,12,15,18,21,24-37H2,1-2H3,(H,51,55)/b7-5-,11-10-,14-13-,17-16-,20-19-,23-22-. The first-order valence-electron chi connectivity index (χ1n) is 24.2. The van der Waals surface area contributed by atoms with Crippen molar-refractivity contribution in [3.63, 3.8) is 0 Å². The summed E-state index contributed by atoms with van der Waals surface area (Å²) < 4.78 is 22.6. The van der Waals surface area contributed by atoms with E-state index >= 15 is 0 Å². The zero-order chi connectivity index (χ0) is 46.8. The maximum atomic E-state index is 13.1. The second-order valence-corrected chi connectivity index (χ2v) is 16.9. The van der Waals surface area contributed by atoms with Gasteiger partial charge in [-0.2, -0.15) is 0 Å². The van der Waals surface area contributed by atoms with E-state index in [0.29, 0.717) is 12.8 Å². The van der Waals surface area contributed by atoms with E-state index in [2.05, 4.69) is 92.1 Å². The van der Waals surface area contributed by atoms with Crippen LogP contribution >= 0.6 is 0 Å². The van der Waals surface area contributed by atoms with Crippen LogP contribution < -0.4 is 5.32 Å². The number of aliphatic hydroxyl groups is 8. The molecule has 2 aliphatic heterocycles. The molecule has 368 valence electrons. The molecular weight excluding hydrogens is 823 g/mol. The maximum Gasteiger partial charge on any atom is 0.220 e. The highest BCUT2D eigenvalue weighted by Gasteiger charge is 2.51. The predicted octanol–water partition coefficient (Wildman–Crippen LogP) is 5.65. The third kappa shape index (κ3) is 23.7. The lowest BCUT2D eigenvalue weighted by Gasteiger charge is -2.46. The van der Waals surface area contributed by atoms with Gasteiger partial charge in [0, 0.05) is 6.42 Å². The van der Waals surface area contributed by atoms with Crippen LogP contribution in [0.2, 0.25) is 0 Å². The molecule has 0 radical (unpaired) electrons. The Morgan fingerprint density at radius 2 is 1.08 bits per heavy atom. The average Bonchev–Trinajstić information content (AvgIpc) is 3.29. The van der Waals surface area contributed by atoms with Crippen LogP contribution in [0.15, 0.2) is 72.9 Å². The lowest BCUT2D eigenvalue weighted by molar-refractivity contribution is -0.359. The minimum atomic E-state index is -1.78. The fourth-order valence-corrected chi connectivity index (χ4v) is 7.47. The van der Waals surface area contributed by atoms with Gasteiger partial charge in [0.15, 0.2) is 12.6 Å². The average molecular weight is 908 g/mol. The molecule has 0 saturated carbocycles. The van der Waals surface area contributed by atoms with Crippen molar-refractivity contribution in [2.75, 3.05) is 19.8 Å². The summed E-state index contributed by atoms with van der Waals surface area (Å²) in [7, 11) is 0. The summed E-state index contributed by atoms with van der Waals surface area (Å²) in [6, 6.07) is -0.837. The molecule has 1 amide bonds. The summed E-state index contributed by atoms with van der Waals surface area (Å²) in [5.41, 5.74) is 0. The molecule has 2 saturated heterocycles. The molecule has 0 aliphatic carbocycles. The minimum absolute atomic E-state index is 0.234. The molecule has 14 heteroatoms. The number of carbonyl (C=O) groups excluding carboxylic acids is 1. The van der Waals surface area contributed by atoms with Gasteiger partial charge < -0.3 is 65.1 Å². The molecule has 0 aromatic heterocycles. The number of aliphatic hydroxyl groups excluding tert-OH is 8. The van der Waals surface area contributed by atoms with Gasteiger partial charge in [0.05, 0.1) is 32.0 Å². The molecule has 2 heterocycles. The van der Waals surface area contributed by atoms with Gasteiger partial charge >= 0.3 is 0 Å². The maximum absolute atomic E-state index is 13.1. The number of amides is 1. The summed E-state index contributed by atoms with van der Waals surface area (Å²) >= 11 is 0. The Hall–Kier alpha value is -2.57. The third-order valence-electron chi connectivity index (χ3n) is 11.4. The molecule has 0 bridgehead atoms. The number of hydrogen-bond donors (Lipinski definition) is 9.